The van der Waals surface area contributed by atoms with E-state index >= 15 is 0 Å². The van der Waals surface area contributed by atoms with Crippen molar-refractivity contribution in [2.45, 2.75) is 0 Å². The van der Waals surface area contributed by atoms with Gasteiger partial charge in [-0.15, -0.1) is 0 Å². The molecule has 9 heteroatoms. The number of nitrogens with zero attached hydrogens (tertiary/aromatic N) is 2. The number of rotatable bonds is 4. The number of benzene rings is 2. The second-order valence-electron chi connectivity index (χ2n) is 5.65. The number of nitrogens with two attached hydrogens (primary N) is 1. The van der Waals surface area contributed by atoms with E-state index in [1.165, 1.54) is 32.4 Å². The second kappa shape index (κ2) is 6.97. The maximum absolute atomic E-state index is 13.1. The van der Waals surface area contributed by atoms with Crippen LogP contribution in [0.2, 0.25) is 0 Å². The highest BCUT2D eigenvalue weighted by atomic mass is 16.8. The van der Waals surface area contributed by atoms with E-state index in [2.05, 4.69) is 0 Å². The zero-order valence-corrected chi connectivity index (χ0v) is 14.5. The van der Waals surface area contributed by atoms with Gasteiger partial charge in [0.25, 0.3) is 5.56 Å². The third-order valence-electron chi connectivity index (χ3n) is 4.17. The van der Waals surface area contributed by atoms with Crippen molar-refractivity contribution in [3.8, 4) is 23.3 Å². The quantitative estimate of drug-likeness (QED) is 0.581. The number of hydrogen-bond acceptors (Lipinski definition) is 7. The number of hydrogen-bond donors (Lipinski definition) is 3. The fourth-order valence-corrected chi connectivity index (χ4v) is 2.85. The minimum Gasteiger partial charge on any atom is -0.595 e. The smallest absolute Gasteiger partial charge is 0.264 e. The van der Waals surface area contributed by atoms with Gasteiger partial charge in [-0.1, -0.05) is 0 Å². The van der Waals surface area contributed by atoms with Gasteiger partial charge in [-0.2, -0.15) is 10.5 Å². The summed E-state index contributed by atoms with van der Waals surface area (Å²) in [7, 11) is 2.93. The SMILES string of the molecule is COc1cc(OC)cc(-n2c(N)c(C#N)c3ccc([NH+]([O-])O)cc3c2=O)c1. The fraction of sp³-hybridized carbons (Fsp3) is 0.111. The summed E-state index contributed by atoms with van der Waals surface area (Å²) in [6.45, 7) is 0. The van der Waals surface area contributed by atoms with Gasteiger partial charge in [0.1, 0.15) is 28.9 Å². The van der Waals surface area contributed by atoms with Crippen molar-refractivity contribution in [2.24, 2.45) is 0 Å². The lowest BCUT2D eigenvalue weighted by Gasteiger charge is -2.16. The molecule has 0 spiro atoms. The third kappa shape index (κ3) is 3.04. The highest BCUT2D eigenvalue weighted by Gasteiger charge is 2.18. The van der Waals surface area contributed by atoms with E-state index in [0.29, 0.717) is 17.2 Å². The van der Waals surface area contributed by atoms with Crippen molar-refractivity contribution in [1.29, 1.82) is 5.26 Å². The molecule has 0 aliphatic heterocycles. The highest BCUT2D eigenvalue weighted by Crippen LogP contribution is 2.29. The van der Waals surface area contributed by atoms with E-state index in [0.717, 1.165) is 4.57 Å². The van der Waals surface area contributed by atoms with Gasteiger partial charge in [-0.3, -0.25) is 9.36 Å². The lowest BCUT2D eigenvalue weighted by molar-refractivity contribution is -0.991. The van der Waals surface area contributed by atoms with Gasteiger partial charge in [0.2, 0.25) is 0 Å². The molecule has 1 heterocycles. The largest absolute Gasteiger partial charge is 0.595 e. The molecule has 0 saturated carbocycles. The molecule has 1 unspecified atom stereocenters. The van der Waals surface area contributed by atoms with E-state index < -0.39 is 10.8 Å². The van der Waals surface area contributed by atoms with Crippen molar-refractivity contribution in [3.05, 3.63) is 57.5 Å². The Morgan fingerprint density at radius 3 is 2.30 bits per heavy atom. The molecule has 1 aromatic heterocycles. The number of pyridine rings is 1. The first kappa shape index (κ1) is 18.2. The van der Waals surface area contributed by atoms with Crippen LogP contribution < -0.4 is 26.0 Å². The minimum absolute atomic E-state index is 0.0617. The summed E-state index contributed by atoms with van der Waals surface area (Å²) in [4.78, 5) is 13.1. The summed E-state index contributed by atoms with van der Waals surface area (Å²) < 4.78 is 11.6. The average Bonchev–Trinajstić information content (AvgIpc) is 2.67. The van der Waals surface area contributed by atoms with Crippen LogP contribution in [-0.2, 0) is 0 Å². The Hall–Kier alpha value is -3.58. The Morgan fingerprint density at radius 1 is 1.15 bits per heavy atom. The predicted molar refractivity (Wildman–Crippen MR) is 97.6 cm³/mol. The standard InChI is InChI=1S/C18H16N4O5/c1-26-12-5-11(6-13(8-12)27-2)21-17(20)16(9-19)14-4-3-10(22(24)25)7-15(14)18(21)23/h3-8,22,24H,20H2,1-2H3. The molecule has 0 amide bonds. The van der Waals surface area contributed by atoms with E-state index in [1.54, 1.807) is 18.2 Å². The Bertz CT molecular complexity index is 1110. The van der Waals surface area contributed by atoms with Crippen LogP contribution in [0.5, 0.6) is 11.5 Å². The van der Waals surface area contributed by atoms with Gasteiger partial charge < -0.3 is 20.4 Å². The lowest BCUT2D eigenvalue weighted by Crippen LogP contribution is -2.99. The topological polar surface area (TPSA) is 138 Å². The summed E-state index contributed by atoms with van der Waals surface area (Å²) in [5.74, 6) is 0.787. The van der Waals surface area contributed by atoms with Crippen molar-refractivity contribution < 1.29 is 19.9 Å². The number of aromatic nitrogens is 1. The predicted octanol–water partition coefficient (Wildman–Crippen LogP) is 0.865. The molecule has 3 rings (SSSR count). The van der Waals surface area contributed by atoms with Crippen LogP contribution in [0.3, 0.4) is 0 Å². The van der Waals surface area contributed by atoms with Crippen LogP contribution in [0, 0.1) is 16.5 Å². The van der Waals surface area contributed by atoms with Crippen molar-refractivity contribution in [1.82, 2.24) is 4.57 Å². The maximum Gasteiger partial charge on any atom is 0.264 e. The number of nitriles is 1. The van der Waals surface area contributed by atoms with Crippen LogP contribution in [0.15, 0.2) is 41.2 Å². The number of anilines is 1. The number of fused-ring (bicyclic) bond motifs is 1. The van der Waals surface area contributed by atoms with E-state index in [1.807, 2.05) is 6.07 Å². The Balaban J connectivity index is 2.43. The van der Waals surface area contributed by atoms with Crippen LogP contribution in [0.1, 0.15) is 5.56 Å². The normalized spacial score (nSPS) is 11.8. The third-order valence-corrected chi connectivity index (χ3v) is 4.17. The van der Waals surface area contributed by atoms with Gasteiger partial charge in [0, 0.05) is 35.7 Å². The summed E-state index contributed by atoms with van der Waals surface area (Å²) in [6, 6.07) is 10.7. The number of quaternary nitrogens is 1. The highest BCUT2D eigenvalue weighted by molar-refractivity contribution is 5.92. The monoisotopic (exact) mass is 368 g/mol. The van der Waals surface area contributed by atoms with Gasteiger partial charge in [-0.25, -0.2) is 5.21 Å². The summed E-state index contributed by atoms with van der Waals surface area (Å²) in [6.07, 6.45) is 0. The average molecular weight is 368 g/mol. The van der Waals surface area contributed by atoms with E-state index in [9.17, 15) is 20.5 Å². The first-order chi connectivity index (χ1) is 12.9. The van der Waals surface area contributed by atoms with Crippen LogP contribution in [0.25, 0.3) is 16.5 Å². The molecule has 0 saturated heterocycles. The molecule has 0 aliphatic carbocycles. The maximum atomic E-state index is 13.1. The molecule has 0 bridgehead atoms. The number of nitrogen functional groups attached to an aromatic ring is 1. The number of methoxy groups -OCH3 is 2. The summed E-state index contributed by atoms with van der Waals surface area (Å²) in [5, 5.41) is 29.2. The molecule has 2 aromatic carbocycles. The molecule has 3 aromatic rings. The number of ether oxygens (including phenoxy) is 2. The molecule has 27 heavy (non-hydrogen) atoms. The summed E-state index contributed by atoms with van der Waals surface area (Å²) in [5.41, 5.74) is 5.89. The van der Waals surface area contributed by atoms with Crippen LogP contribution >= 0.6 is 0 Å². The Morgan fingerprint density at radius 2 is 1.78 bits per heavy atom. The number of nitrogens with one attached hydrogen (secondary N) is 1. The molecule has 1 atom stereocenters. The lowest BCUT2D eigenvalue weighted by atomic mass is 10.1. The van der Waals surface area contributed by atoms with Crippen LogP contribution in [-0.4, -0.2) is 24.0 Å². The van der Waals surface area contributed by atoms with Gasteiger partial charge in [0.05, 0.1) is 25.3 Å². The zero-order chi connectivity index (χ0) is 19.7. The molecule has 4 N–H and O–H groups in total. The minimum atomic E-state index is -1.18. The molecule has 138 valence electrons. The Kier molecular flexibility index (Phi) is 4.70. The molecule has 0 fully saturated rings. The molecule has 0 radical (unpaired) electrons. The van der Waals surface area contributed by atoms with Crippen molar-refractivity contribution in [2.75, 3.05) is 20.0 Å². The molecule has 9 nitrogen and oxygen atoms in total. The van der Waals surface area contributed by atoms with Gasteiger partial charge in [-0.05, 0) is 6.07 Å². The van der Waals surface area contributed by atoms with Crippen LogP contribution in [0.4, 0.5) is 11.5 Å². The zero-order valence-electron chi connectivity index (χ0n) is 14.5. The van der Waals surface area contributed by atoms with Gasteiger partial charge in [0.15, 0.2) is 5.69 Å². The van der Waals surface area contributed by atoms with E-state index in [-0.39, 0.29) is 27.8 Å². The fourth-order valence-electron chi connectivity index (χ4n) is 2.85. The van der Waals surface area contributed by atoms with Crippen molar-refractivity contribution in [3.63, 3.8) is 0 Å². The first-order valence-corrected chi connectivity index (χ1v) is 7.76. The molecule has 0 aliphatic rings. The van der Waals surface area contributed by atoms with Crippen molar-refractivity contribution >= 4 is 22.3 Å². The first-order valence-electron chi connectivity index (χ1n) is 7.76. The second-order valence-corrected chi connectivity index (χ2v) is 5.65. The Labute approximate surface area is 153 Å². The molecular formula is C18H16N4O5. The molecular weight excluding hydrogens is 352 g/mol. The van der Waals surface area contributed by atoms with Gasteiger partial charge >= 0.3 is 0 Å². The van der Waals surface area contributed by atoms with E-state index in [4.69, 9.17) is 15.2 Å². The summed E-state index contributed by atoms with van der Waals surface area (Å²) >= 11 is 0.